The van der Waals surface area contributed by atoms with Gasteiger partial charge in [0.05, 0.1) is 0 Å². The molecule has 1 aromatic carbocycles. The van der Waals surface area contributed by atoms with Crippen LogP contribution in [-0.2, 0) is 9.57 Å². The van der Waals surface area contributed by atoms with Crippen molar-refractivity contribution in [3.8, 4) is 5.75 Å². The number of carbonyl (C=O) groups excluding carboxylic acids is 2. The van der Waals surface area contributed by atoms with Crippen molar-refractivity contribution in [2.24, 2.45) is 0 Å². The Morgan fingerprint density at radius 3 is 2.38 bits per heavy atom. The van der Waals surface area contributed by atoms with Crippen molar-refractivity contribution in [3.63, 3.8) is 0 Å². The van der Waals surface area contributed by atoms with Gasteiger partial charge in [0.2, 0.25) is 0 Å². The molecule has 24 heavy (non-hydrogen) atoms. The Morgan fingerprint density at radius 2 is 1.75 bits per heavy atom. The van der Waals surface area contributed by atoms with Crippen LogP contribution in [0.2, 0.25) is 0 Å². The van der Waals surface area contributed by atoms with E-state index < -0.39 is 17.3 Å². The van der Waals surface area contributed by atoms with Gasteiger partial charge in [0.15, 0.2) is 0 Å². The van der Waals surface area contributed by atoms with Gasteiger partial charge >= 0.3 is 12.2 Å². The molecule has 11 heteroatoms. The highest BCUT2D eigenvalue weighted by Crippen LogP contribution is 2.20. The van der Waals surface area contributed by atoms with Gasteiger partial charge in [-0.1, -0.05) is 39.3 Å². The fourth-order valence-corrected chi connectivity index (χ4v) is 2.94. The minimum Gasteiger partial charge on any atom is -0.448 e. The maximum absolute atomic E-state index is 11.5. The van der Waals surface area contributed by atoms with Crippen molar-refractivity contribution in [3.05, 3.63) is 39.9 Å². The summed E-state index contributed by atoms with van der Waals surface area (Å²) in [5.74, 6) is 1.21. The van der Waals surface area contributed by atoms with Crippen LogP contribution in [0.4, 0.5) is 9.59 Å². The van der Waals surface area contributed by atoms with Gasteiger partial charge in [0.1, 0.15) is 19.0 Å². The molecule has 0 radical (unpaired) electrons. The highest BCUT2D eigenvalue weighted by atomic mass is 33.1. The lowest BCUT2D eigenvalue weighted by Gasteiger charge is -2.07. The van der Waals surface area contributed by atoms with Crippen molar-refractivity contribution in [2.75, 3.05) is 24.7 Å². The lowest BCUT2D eigenvalue weighted by Crippen LogP contribution is -2.33. The number of benzene rings is 1. The normalized spacial score (nSPS) is 9.88. The first kappa shape index (κ1) is 19.9. The second-order valence-electron chi connectivity index (χ2n) is 4.16. The minimum atomic E-state index is -0.928. The maximum Gasteiger partial charge on any atom is 0.422 e. The molecule has 0 fully saturated rings. The number of nitrogens with one attached hydrogen (secondary N) is 1. The van der Waals surface area contributed by atoms with E-state index in [4.69, 9.17) is 9.47 Å². The fraction of sp³-hybridized carbons (Fsp3) is 0.385. The number of aryl methyl sites for hydroxylation is 1. The van der Waals surface area contributed by atoms with Crippen molar-refractivity contribution in [1.82, 2.24) is 5.32 Å². The SMILES string of the molecule is Cc1ccc(OC(=O)NC(=O)OCCSSCCO[N+](=O)[O-])cc1. The first-order chi connectivity index (χ1) is 11.5. The Labute approximate surface area is 145 Å². The number of alkyl carbamates (subject to hydrolysis) is 1. The van der Waals surface area contributed by atoms with Crippen molar-refractivity contribution in [2.45, 2.75) is 6.92 Å². The molecule has 0 aliphatic carbocycles. The second kappa shape index (κ2) is 11.4. The lowest BCUT2D eigenvalue weighted by molar-refractivity contribution is -0.756. The van der Waals surface area contributed by atoms with Crippen LogP contribution in [0, 0.1) is 17.0 Å². The molecule has 0 aliphatic heterocycles. The lowest BCUT2D eigenvalue weighted by atomic mass is 10.2. The summed E-state index contributed by atoms with van der Waals surface area (Å²) in [4.78, 5) is 36.8. The number of hydrogen-bond acceptors (Lipinski definition) is 9. The van der Waals surface area contributed by atoms with Gasteiger partial charge < -0.3 is 14.3 Å². The summed E-state index contributed by atoms with van der Waals surface area (Å²) in [5, 5.41) is 11.0. The zero-order valence-corrected chi connectivity index (χ0v) is 14.4. The van der Waals surface area contributed by atoms with Gasteiger partial charge in [-0.2, -0.15) is 0 Å². The van der Waals surface area contributed by atoms with E-state index in [2.05, 4.69) is 4.84 Å². The molecule has 1 rings (SSSR count). The molecular formula is C13H16N2O7S2. The summed E-state index contributed by atoms with van der Waals surface area (Å²) in [5.41, 5.74) is 1.02. The standard InChI is InChI=1S/C13H16N2O7S2/c1-10-2-4-11(5-3-10)22-13(17)14-12(16)20-6-8-23-24-9-7-21-15(18)19/h2-5H,6-9H2,1H3,(H,14,16,17). The minimum absolute atomic E-state index is 0.00311. The summed E-state index contributed by atoms with van der Waals surface area (Å²) in [6.45, 7) is 1.97. The van der Waals surface area contributed by atoms with Crippen molar-refractivity contribution in [1.29, 1.82) is 0 Å². The second-order valence-corrected chi connectivity index (χ2v) is 6.87. The maximum atomic E-state index is 11.5. The van der Waals surface area contributed by atoms with Crippen LogP contribution in [0.25, 0.3) is 0 Å². The van der Waals surface area contributed by atoms with E-state index in [9.17, 15) is 19.7 Å². The zero-order valence-electron chi connectivity index (χ0n) is 12.8. The summed E-state index contributed by atoms with van der Waals surface area (Å²) >= 11 is 0. The molecule has 0 aromatic heterocycles. The molecule has 0 spiro atoms. The molecule has 0 unspecified atom stereocenters. The van der Waals surface area contributed by atoms with E-state index in [1.807, 2.05) is 12.2 Å². The number of rotatable bonds is 9. The van der Waals surface area contributed by atoms with Gasteiger partial charge in [-0.3, -0.25) is 0 Å². The average Bonchev–Trinajstić information content (AvgIpc) is 2.51. The molecule has 0 saturated heterocycles. The summed E-state index contributed by atoms with van der Waals surface area (Å²) in [6, 6.07) is 6.76. The largest absolute Gasteiger partial charge is 0.448 e. The number of nitrogens with zero attached hydrogens (tertiary/aromatic N) is 1. The van der Waals surface area contributed by atoms with E-state index in [1.165, 1.54) is 21.6 Å². The number of imide groups is 1. The van der Waals surface area contributed by atoms with Crippen LogP contribution in [0.3, 0.4) is 0 Å². The summed E-state index contributed by atoms with van der Waals surface area (Å²) in [7, 11) is 2.71. The third kappa shape index (κ3) is 9.79. The van der Waals surface area contributed by atoms with Crippen LogP contribution in [0.5, 0.6) is 5.75 Å². The predicted octanol–water partition coefficient (Wildman–Crippen LogP) is 2.81. The topological polar surface area (TPSA) is 117 Å². The smallest absolute Gasteiger partial charge is 0.422 e. The Hall–Kier alpha value is -2.14. The monoisotopic (exact) mass is 376 g/mol. The third-order valence-electron chi connectivity index (χ3n) is 2.28. The summed E-state index contributed by atoms with van der Waals surface area (Å²) < 4.78 is 9.69. The van der Waals surface area contributed by atoms with Crippen LogP contribution in [0.1, 0.15) is 5.56 Å². The van der Waals surface area contributed by atoms with Gasteiger partial charge in [-0.05, 0) is 19.1 Å². The molecule has 0 atom stereocenters. The highest BCUT2D eigenvalue weighted by molar-refractivity contribution is 8.76. The number of carbonyl (C=O) groups is 2. The zero-order chi connectivity index (χ0) is 17.8. The Morgan fingerprint density at radius 1 is 1.12 bits per heavy atom. The van der Waals surface area contributed by atoms with Gasteiger partial charge in [0, 0.05) is 11.5 Å². The van der Waals surface area contributed by atoms with Crippen molar-refractivity contribution >= 4 is 33.8 Å². The van der Waals surface area contributed by atoms with E-state index in [0.29, 0.717) is 17.3 Å². The van der Waals surface area contributed by atoms with E-state index in [1.54, 1.807) is 24.3 Å². The summed E-state index contributed by atoms with van der Waals surface area (Å²) in [6.07, 6.45) is -1.84. The van der Waals surface area contributed by atoms with Crippen molar-refractivity contribution < 1.29 is 29.0 Å². The Balaban J connectivity index is 2.06. The fourth-order valence-electron chi connectivity index (χ4n) is 1.29. The van der Waals surface area contributed by atoms with E-state index in [0.717, 1.165) is 5.56 Å². The van der Waals surface area contributed by atoms with Gasteiger partial charge in [-0.25, -0.2) is 14.9 Å². The number of hydrogen-bond donors (Lipinski definition) is 1. The first-order valence-corrected chi connectivity index (χ1v) is 9.20. The third-order valence-corrected chi connectivity index (χ3v) is 4.62. The number of ether oxygens (including phenoxy) is 2. The van der Waals surface area contributed by atoms with Gasteiger partial charge in [-0.15, -0.1) is 10.1 Å². The Kier molecular flexibility index (Phi) is 9.46. The molecule has 0 saturated carbocycles. The van der Waals surface area contributed by atoms with E-state index >= 15 is 0 Å². The molecule has 2 amide bonds. The molecule has 0 bridgehead atoms. The molecular weight excluding hydrogens is 360 g/mol. The predicted molar refractivity (Wildman–Crippen MR) is 89.5 cm³/mol. The molecule has 1 aromatic rings. The molecule has 132 valence electrons. The first-order valence-electron chi connectivity index (χ1n) is 6.71. The molecule has 0 aliphatic rings. The van der Waals surface area contributed by atoms with E-state index in [-0.39, 0.29) is 13.2 Å². The average molecular weight is 376 g/mol. The van der Waals surface area contributed by atoms with Gasteiger partial charge in [0.25, 0.3) is 5.09 Å². The van der Waals surface area contributed by atoms with Crippen LogP contribution in [-0.4, -0.2) is 42.0 Å². The van der Waals surface area contributed by atoms with Crippen LogP contribution < -0.4 is 10.1 Å². The molecule has 1 N–H and O–H groups in total. The number of amides is 2. The van der Waals surface area contributed by atoms with Crippen LogP contribution >= 0.6 is 21.6 Å². The molecule has 9 nitrogen and oxygen atoms in total. The Bertz CT molecular complexity index is 554. The van der Waals surface area contributed by atoms with Crippen LogP contribution in [0.15, 0.2) is 24.3 Å². The molecule has 0 heterocycles. The highest BCUT2D eigenvalue weighted by Gasteiger charge is 2.10. The quantitative estimate of drug-likeness (QED) is 0.300.